The van der Waals surface area contributed by atoms with E-state index in [0.29, 0.717) is 22.9 Å². The van der Waals surface area contributed by atoms with Crippen LogP contribution in [0.2, 0.25) is 0 Å². The van der Waals surface area contributed by atoms with E-state index in [0.717, 1.165) is 6.07 Å². The van der Waals surface area contributed by atoms with Crippen molar-refractivity contribution in [3.8, 4) is 0 Å². The fraction of sp³-hybridized carbons (Fsp3) is 0.133. The van der Waals surface area contributed by atoms with Crippen LogP contribution in [0.3, 0.4) is 0 Å². The molecular weight excluding hydrogens is 307 g/mol. The van der Waals surface area contributed by atoms with Crippen LogP contribution in [-0.4, -0.2) is 22.9 Å². The molecule has 0 fully saturated rings. The van der Waals surface area contributed by atoms with Crippen molar-refractivity contribution >= 4 is 17.3 Å². The molecule has 0 bridgehead atoms. The first-order valence-electron chi connectivity index (χ1n) is 6.63. The normalized spacial score (nSPS) is 16.3. The molecule has 3 heterocycles. The van der Waals surface area contributed by atoms with Crippen LogP contribution in [0.4, 0.5) is 24.7 Å². The number of nitrogens with one attached hydrogen (secondary N) is 1. The molecule has 8 heteroatoms. The maximum absolute atomic E-state index is 13.0. The molecule has 118 valence electrons. The van der Waals surface area contributed by atoms with E-state index in [2.05, 4.69) is 26.9 Å². The first kappa shape index (κ1) is 15.0. The van der Waals surface area contributed by atoms with E-state index < -0.39 is 11.9 Å². The number of aliphatic imine (C=N–C) groups is 1. The number of hydrogen-bond acceptors (Lipinski definition) is 4. The molecular formula is C15H12F3N5. The van der Waals surface area contributed by atoms with Crippen LogP contribution in [0.25, 0.3) is 0 Å². The molecule has 0 saturated heterocycles. The summed E-state index contributed by atoms with van der Waals surface area (Å²) < 4.78 is 39.0. The first-order chi connectivity index (χ1) is 10.9. The Bertz CT molecular complexity index is 783. The van der Waals surface area contributed by atoms with Gasteiger partial charge in [0, 0.05) is 13.2 Å². The maximum atomic E-state index is 13.0. The summed E-state index contributed by atoms with van der Waals surface area (Å²) in [6, 6.07) is 5.66. The molecule has 0 aromatic carbocycles. The Hall–Kier alpha value is -2.90. The maximum Gasteiger partial charge on any atom is 0.433 e. The van der Waals surface area contributed by atoms with Crippen LogP contribution >= 0.6 is 0 Å². The van der Waals surface area contributed by atoms with E-state index in [1.54, 1.807) is 18.3 Å². The van der Waals surface area contributed by atoms with E-state index in [9.17, 15) is 13.2 Å². The zero-order valence-electron chi connectivity index (χ0n) is 12.1. The third-order valence-electron chi connectivity index (χ3n) is 3.29. The monoisotopic (exact) mass is 319 g/mol. The standard InChI is InChI=1S/C15H12F3N5/c1-9-21-13(19-2)11-5-6-12(15(16,17)18)22-14(11)23(9)10-4-3-7-20-8-10/h3-8H,1H2,2H3,(H,19,21). The molecule has 0 amide bonds. The largest absolute Gasteiger partial charge is 0.433 e. The molecule has 23 heavy (non-hydrogen) atoms. The minimum absolute atomic E-state index is 0.108. The fourth-order valence-electron chi connectivity index (χ4n) is 2.29. The van der Waals surface area contributed by atoms with Crippen LogP contribution in [-0.2, 0) is 6.18 Å². The van der Waals surface area contributed by atoms with Crippen LogP contribution in [0, 0.1) is 0 Å². The molecule has 0 radical (unpaired) electrons. The minimum atomic E-state index is -4.54. The smallest absolute Gasteiger partial charge is 0.326 e. The molecule has 1 aliphatic heterocycles. The quantitative estimate of drug-likeness (QED) is 0.877. The number of pyridine rings is 2. The number of alkyl halides is 3. The Balaban J connectivity index is 2.23. The Morgan fingerprint density at radius 3 is 2.65 bits per heavy atom. The number of amidine groups is 1. The molecule has 3 rings (SSSR count). The lowest BCUT2D eigenvalue weighted by Crippen LogP contribution is -2.39. The second-order valence-corrected chi connectivity index (χ2v) is 4.76. The molecule has 1 N–H and O–H groups in total. The van der Waals surface area contributed by atoms with Crippen molar-refractivity contribution in [1.29, 1.82) is 0 Å². The van der Waals surface area contributed by atoms with E-state index >= 15 is 0 Å². The third-order valence-corrected chi connectivity index (χ3v) is 3.29. The third kappa shape index (κ3) is 2.63. The highest BCUT2D eigenvalue weighted by Gasteiger charge is 2.36. The van der Waals surface area contributed by atoms with Gasteiger partial charge in [-0.2, -0.15) is 13.2 Å². The zero-order chi connectivity index (χ0) is 16.6. The summed E-state index contributed by atoms with van der Waals surface area (Å²) in [7, 11) is 1.54. The summed E-state index contributed by atoms with van der Waals surface area (Å²) in [6.45, 7) is 3.85. The Morgan fingerprint density at radius 2 is 2.04 bits per heavy atom. The summed E-state index contributed by atoms with van der Waals surface area (Å²) in [5.41, 5.74) is 0.0280. The van der Waals surface area contributed by atoms with Crippen molar-refractivity contribution in [2.45, 2.75) is 6.18 Å². The molecule has 2 aromatic heterocycles. The number of rotatable bonds is 1. The van der Waals surface area contributed by atoms with E-state index in [4.69, 9.17) is 0 Å². The van der Waals surface area contributed by atoms with Gasteiger partial charge in [-0.15, -0.1) is 0 Å². The number of fused-ring (bicyclic) bond motifs is 1. The van der Waals surface area contributed by atoms with Crippen molar-refractivity contribution in [3.05, 3.63) is 60.3 Å². The van der Waals surface area contributed by atoms with Crippen molar-refractivity contribution in [3.63, 3.8) is 0 Å². The number of halogens is 3. The number of aromatic nitrogens is 2. The van der Waals surface area contributed by atoms with Gasteiger partial charge in [-0.3, -0.25) is 14.9 Å². The number of hydrogen-bond donors (Lipinski definition) is 1. The average Bonchev–Trinajstić information content (AvgIpc) is 2.53. The lowest BCUT2D eigenvalue weighted by Gasteiger charge is -2.33. The van der Waals surface area contributed by atoms with Crippen molar-refractivity contribution in [2.75, 3.05) is 11.9 Å². The minimum Gasteiger partial charge on any atom is -0.326 e. The van der Waals surface area contributed by atoms with E-state index in [1.165, 1.54) is 24.2 Å². The van der Waals surface area contributed by atoms with Crippen molar-refractivity contribution < 1.29 is 13.2 Å². The van der Waals surface area contributed by atoms with Gasteiger partial charge >= 0.3 is 6.18 Å². The number of nitrogens with zero attached hydrogens (tertiary/aromatic N) is 4. The molecule has 0 aliphatic carbocycles. The topological polar surface area (TPSA) is 53.4 Å². The lowest BCUT2D eigenvalue weighted by molar-refractivity contribution is -0.141. The lowest BCUT2D eigenvalue weighted by atomic mass is 10.1. The van der Waals surface area contributed by atoms with E-state index in [-0.39, 0.29) is 5.82 Å². The second-order valence-electron chi connectivity index (χ2n) is 4.76. The predicted octanol–water partition coefficient (Wildman–Crippen LogP) is 3.08. The van der Waals surface area contributed by atoms with Gasteiger partial charge in [-0.05, 0) is 24.3 Å². The molecule has 0 unspecified atom stereocenters. The highest BCUT2D eigenvalue weighted by molar-refractivity contribution is 6.07. The van der Waals surface area contributed by atoms with Crippen LogP contribution in [0.5, 0.6) is 0 Å². The Labute approximate surface area is 130 Å². The molecule has 1 aliphatic rings. The predicted molar refractivity (Wildman–Crippen MR) is 80.4 cm³/mol. The SMILES string of the molecule is C=C1NC(=NC)c2ccc(C(F)(F)F)nc2N1c1cccnc1. The highest BCUT2D eigenvalue weighted by Crippen LogP contribution is 2.36. The zero-order valence-corrected chi connectivity index (χ0v) is 12.1. The van der Waals surface area contributed by atoms with Gasteiger partial charge in [0.25, 0.3) is 0 Å². The van der Waals surface area contributed by atoms with Crippen LogP contribution < -0.4 is 10.2 Å². The van der Waals surface area contributed by atoms with Gasteiger partial charge in [-0.25, -0.2) is 4.98 Å². The average molecular weight is 319 g/mol. The summed E-state index contributed by atoms with van der Waals surface area (Å²) >= 11 is 0. The summed E-state index contributed by atoms with van der Waals surface area (Å²) in [4.78, 5) is 13.3. The highest BCUT2D eigenvalue weighted by atomic mass is 19.4. The first-order valence-corrected chi connectivity index (χ1v) is 6.63. The van der Waals surface area contributed by atoms with Gasteiger partial charge < -0.3 is 5.32 Å². The van der Waals surface area contributed by atoms with E-state index in [1.807, 2.05) is 0 Å². The molecule has 5 nitrogen and oxygen atoms in total. The van der Waals surface area contributed by atoms with Crippen molar-refractivity contribution in [2.24, 2.45) is 4.99 Å². The summed E-state index contributed by atoms with van der Waals surface area (Å²) in [5, 5.41) is 2.96. The van der Waals surface area contributed by atoms with Gasteiger partial charge in [-0.1, -0.05) is 6.58 Å². The van der Waals surface area contributed by atoms with Gasteiger partial charge in [0.05, 0.1) is 17.4 Å². The summed E-state index contributed by atoms with van der Waals surface area (Å²) in [6.07, 6.45) is -1.44. The van der Waals surface area contributed by atoms with Crippen molar-refractivity contribution in [1.82, 2.24) is 15.3 Å². The fourth-order valence-corrected chi connectivity index (χ4v) is 2.29. The molecule has 0 saturated carbocycles. The van der Waals surface area contributed by atoms with Crippen LogP contribution in [0.15, 0.2) is 54.1 Å². The molecule has 0 atom stereocenters. The number of anilines is 2. The van der Waals surface area contributed by atoms with Crippen LogP contribution in [0.1, 0.15) is 11.3 Å². The Kier molecular flexibility index (Phi) is 3.51. The van der Waals surface area contributed by atoms with Gasteiger partial charge in [0.15, 0.2) is 0 Å². The van der Waals surface area contributed by atoms with Gasteiger partial charge in [0.1, 0.15) is 23.2 Å². The molecule has 0 spiro atoms. The van der Waals surface area contributed by atoms with Gasteiger partial charge in [0.2, 0.25) is 0 Å². The second kappa shape index (κ2) is 5.38. The summed E-state index contributed by atoms with van der Waals surface area (Å²) in [5.74, 6) is 0.862. The Morgan fingerprint density at radius 1 is 1.26 bits per heavy atom. The molecule has 2 aromatic rings.